The van der Waals surface area contributed by atoms with Crippen molar-refractivity contribution in [2.75, 3.05) is 5.32 Å². The first-order chi connectivity index (χ1) is 11.2. The second kappa shape index (κ2) is 10.9. The first-order valence-corrected chi connectivity index (χ1v) is 10.0. The smallest absolute Gasteiger partial charge is 0.228 e. The summed E-state index contributed by atoms with van der Waals surface area (Å²) in [4.78, 5) is 12.0. The van der Waals surface area contributed by atoms with Crippen molar-refractivity contribution < 1.29 is 4.79 Å². The molecule has 0 fully saturated rings. The lowest BCUT2D eigenvalue weighted by Crippen LogP contribution is -2.56. The van der Waals surface area contributed by atoms with Crippen LogP contribution in [0, 0.1) is 3.57 Å². The largest absolute Gasteiger partial charge is 0.339 e. The summed E-state index contributed by atoms with van der Waals surface area (Å²) in [7, 11) is 0. The molecule has 1 amide bonds. The molecule has 0 spiro atoms. The zero-order chi connectivity index (χ0) is 18.2. The van der Waals surface area contributed by atoms with E-state index < -0.39 is 9.96 Å². The maximum atomic E-state index is 12.0. The first kappa shape index (κ1) is 22.0. The van der Waals surface area contributed by atoms with E-state index in [4.69, 9.17) is 47.0 Å². The average Bonchev–Trinajstić information content (AvgIpc) is 2.48. The molecule has 24 heavy (non-hydrogen) atoms. The molecule has 3 N–H and O–H groups in total. The third-order valence-electron chi connectivity index (χ3n) is 3.04. The van der Waals surface area contributed by atoms with Gasteiger partial charge >= 0.3 is 0 Å². The van der Waals surface area contributed by atoms with E-state index in [-0.39, 0.29) is 11.0 Å². The lowest BCUT2D eigenvalue weighted by atomic mass is 10.2. The molecule has 0 saturated heterocycles. The number of halogens is 4. The number of hydrogen-bond donors (Lipinski definition) is 3. The molecule has 0 heterocycles. The number of rotatable bonds is 7. The van der Waals surface area contributed by atoms with Crippen LogP contribution in [0.1, 0.15) is 32.6 Å². The summed E-state index contributed by atoms with van der Waals surface area (Å²) in [5, 5.41) is 8.79. The monoisotopic (exact) mass is 521 g/mol. The summed E-state index contributed by atoms with van der Waals surface area (Å²) in [6.07, 6.45) is 2.25. The van der Waals surface area contributed by atoms with Gasteiger partial charge in [-0.1, -0.05) is 66.7 Å². The molecule has 1 unspecified atom stereocenters. The zero-order valence-corrected chi connectivity index (χ0v) is 18.3. The Bertz CT molecular complexity index is 569. The number of carbonyl (C=O) groups excluding carboxylic acids is 1. The lowest BCUT2D eigenvalue weighted by Gasteiger charge is -2.28. The number of unbranched alkanes of at least 4 members (excludes halogenated alkanes) is 2. The molecule has 0 saturated carbocycles. The van der Waals surface area contributed by atoms with Crippen LogP contribution in [-0.2, 0) is 4.79 Å². The Balaban J connectivity index is 2.64. The number of nitrogens with one attached hydrogen (secondary N) is 3. The predicted molar refractivity (Wildman–Crippen MR) is 115 cm³/mol. The molecule has 0 aliphatic rings. The Morgan fingerprint density at radius 1 is 1.25 bits per heavy atom. The molecule has 0 aromatic heterocycles. The van der Waals surface area contributed by atoms with Gasteiger partial charge in [0.2, 0.25) is 9.70 Å². The molecular formula is C15H19Cl3IN3OS. The van der Waals surface area contributed by atoms with Crippen molar-refractivity contribution >= 4 is 86.3 Å². The van der Waals surface area contributed by atoms with E-state index in [1.54, 1.807) is 0 Å². The van der Waals surface area contributed by atoms with Crippen LogP contribution in [0.15, 0.2) is 24.3 Å². The summed E-state index contributed by atoms with van der Waals surface area (Å²) < 4.78 is -0.746. The van der Waals surface area contributed by atoms with E-state index in [1.807, 2.05) is 24.3 Å². The topological polar surface area (TPSA) is 53.2 Å². The minimum Gasteiger partial charge on any atom is -0.339 e. The third-order valence-corrected chi connectivity index (χ3v) is 4.85. The second-order valence-corrected chi connectivity index (χ2v) is 9.02. The first-order valence-electron chi connectivity index (χ1n) is 7.42. The molecule has 1 aromatic carbocycles. The Hall–Kier alpha value is -0.0200. The SMILES string of the molecule is CCCCCC(=O)NC(NC(=S)Nc1ccccc1I)C(Cl)(Cl)Cl. The lowest BCUT2D eigenvalue weighted by molar-refractivity contribution is -0.122. The van der Waals surface area contributed by atoms with Crippen molar-refractivity contribution in [1.29, 1.82) is 0 Å². The van der Waals surface area contributed by atoms with Gasteiger partial charge in [-0.25, -0.2) is 0 Å². The fourth-order valence-corrected chi connectivity index (χ4v) is 2.90. The summed E-state index contributed by atoms with van der Waals surface area (Å²) in [6.45, 7) is 2.07. The number of alkyl halides is 3. The number of amides is 1. The summed E-state index contributed by atoms with van der Waals surface area (Å²) in [5.41, 5.74) is 0.827. The van der Waals surface area contributed by atoms with Crippen LogP contribution in [0.2, 0.25) is 0 Å². The molecule has 134 valence electrons. The van der Waals surface area contributed by atoms with E-state index in [0.29, 0.717) is 6.42 Å². The molecule has 1 aromatic rings. The van der Waals surface area contributed by atoms with Crippen molar-refractivity contribution in [2.45, 2.75) is 42.6 Å². The molecule has 9 heteroatoms. The molecule has 4 nitrogen and oxygen atoms in total. The third kappa shape index (κ3) is 8.38. The fourth-order valence-electron chi connectivity index (χ4n) is 1.82. The van der Waals surface area contributed by atoms with Gasteiger partial charge in [0.25, 0.3) is 0 Å². The normalized spacial score (nSPS) is 12.4. The second-order valence-electron chi connectivity index (χ2n) is 5.08. The van der Waals surface area contributed by atoms with Gasteiger partial charge in [-0.2, -0.15) is 0 Å². The van der Waals surface area contributed by atoms with Crippen LogP contribution in [0.3, 0.4) is 0 Å². The van der Waals surface area contributed by atoms with Crippen molar-refractivity contribution in [3.8, 4) is 0 Å². The Labute approximate surface area is 176 Å². The Morgan fingerprint density at radius 3 is 2.50 bits per heavy atom. The number of carbonyl (C=O) groups is 1. The molecule has 1 rings (SSSR count). The van der Waals surface area contributed by atoms with Gasteiger partial charge < -0.3 is 16.0 Å². The molecule has 0 aliphatic heterocycles. The predicted octanol–water partition coefficient (Wildman–Crippen LogP) is 4.97. The van der Waals surface area contributed by atoms with Gasteiger partial charge in [-0.05, 0) is 53.4 Å². The van der Waals surface area contributed by atoms with Crippen molar-refractivity contribution in [1.82, 2.24) is 10.6 Å². The minimum atomic E-state index is -1.74. The van der Waals surface area contributed by atoms with Crippen LogP contribution in [0.4, 0.5) is 5.69 Å². The average molecular weight is 523 g/mol. The van der Waals surface area contributed by atoms with Crippen LogP contribution >= 0.6 is 69.6 Å². The number of para-hydroxylation sites is 1. The van der Waals surface area contributed by atoms with Gasteiger partial charge in [0.15, 0.2) is 5.11 Å². The molecule has 0 aliphatic carbocycles. The van der Waals surface area contributed by atoms with E-state index in [9.17, 15) is 4.79 Å². The van der Waals surface area contributed by atoms with Crippen LogP contribution in [0.25, 0.3) is 0 Å². The van der Waals surface area contributed by atoms with Crippen molar-refractivity contribution in [3.05, 3.63) is 27.8 Å². The van der Waals surface area contributed by atoms with E-state index in [1.165, 1.54) is 0 Å². The quantitative estimate of drug-likeness (QED) is 0.156. The van der Waals surface area contributed by atoms with Crippen LogP contribution < -0.4 is 16.0 Å². The number of hydrogen-bond acceptors (Lipinski definition) is 2. The molecule has 1 atom stereocenters. The minimum absolute atomic E-state index is 0.190. The summed E-state index contributed by atoms with van der Waals surface area (Å²) in [6, 6.07) is 7.62. The van der Waals surface area contributed by atoms with Gasteiger partial charge in [0.05, 0.1) is 5.69 Å². The van der Waals surface area contributed by atoms with Crippen LogP contribution in [-0.4, -0.2) is 21.0 Å². The zero-order valence-electron chi connectivity index (χ0n) is 13.0. The highest BCUT2D eigenvalue weighted by atomic mass is 127. The summed E-state index contributed by atoms with van der Waals surface area (Å²) >= 11 is 25.3. The molecule has 0 bridgehead atoms. The maximum Gasteiger partial charge on any atom is 0.228 e. The Morgan fingerprint density at radius 2 is 1.92 bits per heavy atom. The maximum absolute atomic E-state index is 12.0. The fraction of sp³-hybridized carbons (Fsp3) is 0.467. The summed E-state index contributed by atoms with van der Waals surface area (Å²) in [5.74, 6) is -0.190. The van der Waals surface area contributed by atoms with E-state index >= 15 is 0 Å². The van der Waals surface area contributed by atoms with Gasteiger partial charge in [-0.3, -0.25) is 4.79 Å². The highest BCUT2D eigenvalue weighted by molar-refractivity contribution is 14.1. The standard InChI is InChI=1S/C15H19Cl3IN3OS/c1-2-3-4-9-12(23)21-13(15(16,17)18)22-14(24)20-11-8-6-5-7-10(11)19/h5-8,13H,2-4,9H2,1H3,(H,21,23)(H2,20,22,24). The number of thiocarbonyl (C=S) groups is 1. The highest BCUT2D eigenvalue weighted by Crippen LogP contribution is 2.29. The molecule has 0 radical (unpaired) electrons. The number of benzene rings is 1. The highest BCUT2D eigenvalue weighted by Gasteiger charge is 2.34. The van der Waals surface area contributed by atoms with Gasteiger partial charge in [0, 0.05) is 9.99 Å². The van der Waals surface area contributed by atoms with Gasteiger partial charge in [0.1, 0.15) is 6.17 Å². The molecular weight excluding hydrogens is 504 g/mol. The van der Waals surface area contributed by atoms with Crippen LogP contribution in [0.5, 0.6) is 0 Å². The van der Waals surface area contributed by atoms with Crippen molar-refractivity contribution in [2.24, 2.45) is 0 Å². The van der Waals surface area contributed by atoms with E-state index in [2.05, 4.69) is 45.5 Å². The number of anilines is 1. The van der Waals surface area contributed by atoms with Crippen molar-refractivity contribution in [3.63, 3.8) is 0 Å². The van der Waals surface area contributed by atoms with E-state index in [0.717, 1.165) is 28.5 Å². The Kier molecular flexibility index (Phi) is 9.96. The van der Waals surface area contributed by atoms with Gasteiger partial charge in [-0.15, -0.1) is 0 Å².